The van der Waals surface area contributed by atoms with Crippen molar-refractivity contribution in [1.29, 1.82) is 0 Å². The number of nitrogens with zero attached hydrogens (tertiary/aromatic N) is 1. The van der Waals surface area contributed by atoms with Gasteiger partial charge in [-0.15, -0.1) is 0 Å². The van der Waals surface area contributed by atoms with E-state index < -0.39 is 0 Å². The summed E-state index contributed by atoms with van der Waals surface area (Å²) < 4.78 is 0. The molecule has 11 heavy (non-hydrogen) atoms. The zero-order valence-electron chi connectivity index (χ0n) is 5.82. The Balaban J connectivity index is 2.79. The van der Waals surface area contributed by atoms with Crippen LogP contribution in [0.25, 0.3) is 0 Å². The minimum atomic E-state index is 0.184. The molecule has 3 nitrogen and oxygen atoms in total. The Morgan fingerprint density at radius 2 is 2.36 bits per heavy atom. The lowest BCUT2D eigenvalue weighted by Gasteiger charge is -1.94. The first-order valence-electron chi connectivity index (χ1n) is 3.14. The zero-order valence-corrected chi connectivity index (χ0v) is 5.82. The minimum Gasteiger partial charge on any atom is -0.508 e. The normalized spacial score (nSPS) is 8.73. The van der Waals surface area contributed by atoms with Gasteiger partial charge < -0.3 is 5.11 Å². The number of rotatable bonds is 2. The van der Waals surface area contributed by atoms with Gasteiger partial charge in [0.15, 0.2) is 0 Å². The van der Waals surface area contributed by atoms with Crippen LogP contribution < -0.4 is 0 Å². The van der Waals surface area contributed by atoms with Gasteiger partial charge in [-0.05, 0) is 17.7 Å². The number of aromatic hydroxyl groups is 1. The maximum atomic E-state index is 9.71. The molecule has 0 fully saturated rings. The Bertz CT molecular complexity index is 290. The summed E-state index contributed by atoms with van der Waals surface area (Å²) in [6.07, 6.45) is 1.43. The number of hydrogen-bond acceptors (Lipinski definition) is 3. The predicted octanol–water partition coefficient (Wildman–Crippen LogP) is 1.23. The van der Waals surface area contributed by atoms with Gasteiger partial charge >= 0.3 is 0 Å². The lowest BCUT2D eigenvalue weighted by Crippen LogP contribution is -1.78. The van der Waals surface area contributed by atoms with Crippen molar-refractivity contribution in [3.8, 4) is 5.75 Å². The van der Waals surface area contributed by atoms with Crippen LogP contribution in [0.5, 0.6) is 5.75 Å². The predicted molar refractivity (Wildman–Crippen MR) is 39.9 cm³/mol. The molecule has 0 atom stereocenters. The van der Waals surface area contributed by atoms with Crippen molar-refractivity contribution in [3.63, 3.8) is 0 Å². The third-order valence-electron chi connectivity index (χ3n) is 1.24. The molecule has 1 aromatic carbocycles. The standard InChI is InChI=1S/C8H7NO2/c10-6-9-5-7-2-1-3-8(11)4-7/h1-4,11H,5H2. The molecule has 0 aliphatic heterocycles. The lowest BCUT2D eigenvalue weighted by molar-refractivity contribution is 0.474. The van der Waals surface area contributed by atoms with Gasteiger partial charge in [0.2, 0.25) is 6.08 Å². The molecule has 0 saturated carbocycles. The summed E-state index contributed by atoms with van der Waals surface area (Å²) in [5.41, 5.74) is 0.799. The quantitative estimate of drug-likeness (QED) is 0.507. The molecule has 3 heteroatoms. The molecule has 1 N–H and O–H groups in total. The molecule has 0 heterocycles. The van der Waals surface area contributed by atoms with Crippen molar-refractivity contribution in [2.24, 2.45) is 4.99 Å². The number of carbonyl (C=O) groups excluding carboxylic acids is 1. The molecule has 0 spiro atoms. The highest BCUT2D eigenvalue weighted by atomic mass is 16.3. The van der Waals surface area contributed by atoms with Gasteiger partial charge in [-0.3, -0.25) is 0 Å². The topological polar surface area (TPSA) is 49.7 Å². The number of benzene rings is 1. The molecule has 1 rings (SSSR count). The second-order valence-corrected chi connectivity index (χ2v) is 2.08. The van der Waals surface area contributed by atoms with Gasteiger partial charge in [-0.2, -0.15) is 0 Å². The fraction of sp³-hybridized carbons (Fsp3) is 0.125. The number of phenols is 1. The third-order valence-corrected chi connectivity index (χ3v) is 1.24. The summed E-state index contributed by atoms with van der Waals surface area (Å²) in [6.45, 7) is 0.276. The van der Waals surface area contributed by atoms with Crippen molar-refractivity contribution in [2.45, 2.75) is 6.54 Å². The van der Waals surface area contributed by atoms with Crippen LogP contribution in [0.3, 0.4) is 0 Å². The Hall–Kier alpha value is -1.60. The molecule has 0 unspecified atom stereocenters. The van der Waals surface area contributed by atoms with Crippen LogP contribution in [0.4, 0.5) is 0 Å². The Kier molecular flexibility index (Phi) is 2.42. The highest BCUT2D eigenvalue weighted by Gasteiger charge is 1.90. The van der Waals surface area contributed by atoms with Crippen LogP contribution in [0.2, 0.25) is 0 Å². The molecule has 0 saturated heterocycles. The molecule has 0 amide bonds. The molecule has 0 aliphatic rings. The van der Waals surface area contributed by atoms with Crippen molar-refractivity contribution < 1.29 is 9.90 Å². The second-order valence-electron chi connectivity index (χ2n) is 2.08. The average molecular weight is 149 g/mol. The van der Waals surface area contributed by atoms with E-state index >= 15 is 0 Å². The Labute approximate surface area is 64.0 Å². The van der Waals surface area contributed by atoms with E-state index in [2.05, 4.69) is 4.99 Å². The van der Waals surface area contributed by atoms with Crippen LogP contribution in [-0.2, 0) is 11.3 Å². The third kappa shape index (κ3) is 2.24. The maximum Gasteiger partial charge on any atom is 0.235 e. The average Bonchev–Trinajstić information content (AvgIpc) is 2.01. The van der Waals surface area contributed by atoms with E-state index in [1.165, 1.54) is 6.08 Å². The van der Waals surface area contributed by atoms with Gasteiger partial charge in [-0.25, -0.2) is 9.79 Å². The zero-order chi connectivity index (χ0) is 8.10. The van der Waals surface area contributed by atoms with Crippen molar-refractivity contribution >= 4 is 6.08 Å². The molecule has 0 bridgehead atoms. The van der Waals surface area contributed by atoms with E-state index in [1.807, 2.05) is 0 Å². The molecule has 0 radical (unpaired) electrons. The summed E-state index contributed by atoms with van der Waals surface area (Å²) in [7, 11) is 0. The van der Waals surface area contributed by atoms with Gasteiger partial charge in [-0.1, -0.05) is 12.1 Å². The molecular weight excluding hydrogens is 142 g/mol. The van der Waals surface area contributed by atoms with Crippen LogP contribution in [0.15, 0.2) is 29.3 Å². The fourth-order valence-corrected chi connectivity index (χ4v) is 0.778. The molecule has 1 aromatic rings. The SMILES string of the molecule is O=C=NCc1cccc(O)c1. The summed E-state index contributed by atoms with van der Waals surface area (Å²) in [5, 5.41) is 8.97. The van der Waals surface area contributed by atoms with Crippen LogP contribution in [0, 0.1) is 0 Å². The molecule has 0 aliphatic carbocycles. The van der Waals surface area contributed by atoms with Crippen molar-refractivity contribution in [3.05, 3.63) is 29.8 Å². The number of hydrogen-bond donors (Lipinski definition) is 1. The first-order chi connectivity index (χ1) is 5.33. The van der Waals surface area contributed by atoms with E-state index in [0.29, 0.717) is 0 Å². The summed E-state index contributed by atoms with van der Waals surface area (Å²) in [4.78, 5) is 13.1. The van der Waals surface area contributed by atoms with Crippen LogP contribution in [-0.4, -0.2) is 11.2 Å². The Morgan fingerprint density at radius 1 is 1.55 bits per heavy atom. The summed E-state index contributed by atoms with van der Waals surface area (Å²) >= 11 is 0. The minimum absolute atomic E-state index is 0.184. The number of phenolic OH excluding ortho intramolecular Hbond substituents is 1. The monoisotopic (exact) mass is 149 g/mol. The Morgan fingerprint density at radius 3 is 3.00 bits per heavy atom. The maximum absolute atomic E-state index is 9.71. The van der Waals surface area contributed by atoms with Gasteiger partial charge in [0.05, 0.1) is 6.54 Å². The first kappa shape index (κ1) is 7.51. The van der Waals surface area contributed by atoms with Crippen molar-refractivity contribution in [1.82, 2.24) is 0 Å². The van der Waals surface area contributed by atoms with Crippen LogP contribution in [0.1, 0.15) is 5.56 Å². The molecule has 56 valence electrons. The van der Waals surface area contributed by atoms with Gasteiger partial charge in [0.1, 0.15) is 5.75 Å². The van der Waals surface area contributed by atoms with E-state index in [0.717, 1.165) is 5.56 Å². The first-order valence-corrected chi connectivity index (χ1v) is 3.14. The van der Waals surface area contributed by atoms with Crippen LogP contribution >= 0.6 is 0 Å². The number of aliphatic imine (C=N–C) groups is 1. The van der Waals surface area contributed by atoms with E-state index in [4.69, 9.17) is 5.11 Å². The van der Waals surface area contributed by atoms with E-state index in [-0.39, 0.29) is 12.3 Å². The largest absolute Gasteiger partial charge is 0.508 e. The molecular formula is C8H7NO2. The van der Waals surface area contributed by atoms with Crippen molar-refractivity contribution in [2.75, 3.05) is 0 Å². The van der Waals surface area contributed by atoms with E-state index in [1.54, 1.807) is 24.3 Å². The summed E-state index contributed by atoms with van der Waals surface area (Å²) in [6, 6.07) is 6.60. The van der Waals surface area contributed by atoms with E-state index in [9.17, 15) is 4.79 Å². The smallest absolute Gasteiger partial charge is 0.235 e. The second kappa shape index (κ2) is 3.54. The van der Waals surface area contributed by atoms with Gasteiger partial charge in [0.25, 0.3) is 0 Å². The lowest BCUT2D eigenvalue weighted by atomic mass is 10.2. The van der Waals surface area contributed by atoms with Gasteiger partial charge in [0, 0.05) is 0 Å². The summed E-state index contributed by atoms with van der Waals surface area (Å²) in [5.74, 6) is 0.184. The number of isocyanates is 1. The fourth-order valence-electron chi connectivity index (χ4n) is 0.778. The highest BCUT2D eigenvalue weighted by molar-refractivity contribution is 5.34. The highest BCUT2D eigenvalue weighted by Crippen LogP contribution is 2.10. The molecule has 0 aromatic heterocycles.